The van der Waals surface area contributed by atoms with Crippen LogP contribution in [0.3, 0.4) is 0 Å². The second-order valence-corrected chi connectivity index (χ2v) is 5.16. The maximum Gasteiger partial charge on any atom is 0.0931 e. The molecule has 0 aliphatic heterocycles. The first-order chi connectivity index (χ1) is 3.56. The number of hydrogen-bond acceptors (Lipinski definition) is 2. The minimum atomic E-state index is -2.49. The van der Waals surface area contributed by atoms with Gasteiger partial charge in [0.1, 0.15) is 0 Å². The highest BCUT2D eigenvalue weighted by atomic mass is 33.1. The second kappa shape index (κ2) is 3.35. The molecule has 1 N–H and O–H groups in total. The van der Waals surface area contributed by atoms with Crippen LogP contribution in [0, 0.1) is 4.78 Å². The molecule has 4 heteroatoms. The lowest BCUT2D eigenvalue weighted by molar-refractivity contribution is 0.681. The Labute approximate surface area is 55.5 Å². The quantitative estimate of drug-likeness (QED) is 0.470. The van der Waals surface area contributed by atoms with Crippen molar-refractivity contribution in [3.05, 3.63) is 0 Å². The van der Waals surface area contributed by atoms with Crippen molar-refractivity contribution in [3.63, 3.8) is 0 Å². The van der Waals surface area contributed by atoms with Crippen LogP contribution in [-0.4, -0.2) is 9.96 Å². The van der Waals surface area contributed by atoms with Crippen LogP contribution in [0.15, 0.2) is 0 Å². The van der Waals surface area contributed by atoms with Crippen molar-refractivity contribution in [2.75, 3.05) is 5.75 Å². The van der Waals surface area contributed by atoms with Crippen LogP contribution in [0.25, 0.3) is 0 Å². The van der Waals surface area contributed by atoms with E-state index in [-0.39, 0.29) is 0 Å². The van der Waals surface area contributed by atoms with Crippen molar-refractivity contribution in [1.29, 1.82) is 4.78 Å². The summed E-state index contributed by atoms with van der Waals surface area (Å²) in [5.74, 6) is 0.423. The van der Waals surface area contributed by atoms with Crippen LogP contribution >= 0.6 is 11.7 Å². The third-order valence-corrected chi connectivity index (χ3v) is 2.16. The van der Waals surface area contributed by atoms with Gasteiger partial charge in [0.05, 0.1) is 8.76 Å². The van der Waals surface area contributed by atoms with Gasteiger partial charge < -0.3 is 0 Å². The van der Waals surface area contributed by atoms with Gasteiger partial charge in [0.25, 0.3) is 0 Å². The summed E-state index contributed by atoms with van der Waals surface area (Å²) < 4.78 is 17.3. The standard InChI is InChI=1S/C4H11NOS2/c1-2-3-4-8(5,6)7/h2-4H2,1H3,(H2,5,6,7). The van der Waals surface area contributed by atoms with Crippen molar-refractivity contribution in [2.45, 2.75) is 19.8 Å². The van der Waals surface area contributed by atoms with E-state index in [2.05, 4.69) is 11.7 Å². The highest BCUT2D eigenvalue weighted by molar-refractivity contribution is 8.64. The molecule has 1 atom stereocenters. The van der Waals surface area contributed by atoms with Crippen molar-refractivity contribution in [1.82, 2.24) is 0 Å². The molecule has 1 unspecified atom stereocenters. The first-order valence-corrected chi connectivity index (χ1v) is 5.33. The first-order valence-electron chi connectivity index (χ1n) is 2.55. The van der Waals surface area contributed by atoms with Gasteiger partial charge in [-0.15, -0.1) is 0 Å². The van der Waals surface area contributed by atoms with Crippen molar-refractivity contribution in [2.24, 2.45) is 0 Å². The Balaban J connectivity index is 3.42. The zero-order valence-corrected chi connectivity index (χ0v) is 6.60. The lowest BCUT2D eigenvalue weighted by Gasteiger charge is -1.93. The van der Waals surface area contributed by atoms with E-state index in [1.807, 2.05) is 6.92 Å². The molecule has 0 aromatic carbocycles. The molecule has 0 rings (SSSR count). The van der Waals surface area contributed by atoms with Crippen molar-refractivity contribution >= 4 is 20.4 Å². The van der Waals surface area contributed by atoms with Crippen molar-refractivity contribution in [3.8, 4) is 0 Å². The van der Waals surface area contributed by atoms with Gasteiger partial charge in [0.15, 0.2) is 0 Å². The molecule has 50 valence electrons. The molecule has 0 amide bonds. The molecule has 0 spiro atoms. The van der Waals surface area contributed by atoms with E-state index in [1.54, 1.807) is 0 Å². The smallest absolute Gasteiger partial charge is 0.0931 e. The first kappa shape index (κ1) is 8.30. The van der Waals surface area contributed by atoms with E-state index >= 15 is 0 Å². The zero-order valence-electron chi connectivity index (χ0n) is 4.89. The number of hydrogen-bond donors (Lipinski definition) is 2. The van der Waals surface area contributed by atoms with E-state index in [4.69, 9.17) is 4.78 Å². The predicted octanol–water partition coefficient (Wildman–Crippen LogP) is 1.68. The Bertz CT molecular complexity index is 138. The fourth-order valence-corrected chi connectivity index (χ4v) is 1.41. The molecule has 0 saturated heterocycles. The van der Waals surface area contributed by atoms with Gasteiger partial charge in [-0.05, 0) is 6.42 Å². The number of rotatable bonds is 3. The molecule has 8 heavy (non-hydrogen) atoms. The Morgan fingerprint density at radius 2 is 2.25 bits per heavy atom. The van der Waals surface area contributed by atoms with Crippen LogP contribution in [0.4, 0.5) is 0 Å². The van der Waals surface area contributed by atoms with Crippen molar-refractivity contribution < 1.29 is 4.21 Å². The van der Waals surface area contributed by atoms with Gasteiger partial charge in [0.2, 0.25) is 0 Å². The van der Waals surface area contributed by atoms with Gasteiger partial charge in [-0.25, -0.2) is 8.99 Å². The maximum absolute atomic E-state index is 10.5. The Kier molecular flexibility index (Phi) is 3.48. The molecule has 0 fully saturated rings. The summed E-state index contributed by atoms with van der Waals surface area (Å²) in [5, 5.41) is 0. The lowest BCUT2D eigenvalue weighted by atomic mass is 10.4. The van der Waals surface area contributed by atoms with Gasteiger partial charge in [-0.2, -0.15) is 0 Å². The third-order valence-electron chi connectivity index (χ3n) is 0.775. The summed E-state index contributed by atoms with van der Waals surface area (Å²) in [4.78, 5) is 0. The van der Waals surface area contributed by atoms with Crippen LogP contribution in [0.1, 0.15) is 19.8 Å². The summed E-state index contributed by atoms with van der Waals surface area (Å²) in [7, 11) is -2.49. The second-order valence-electron chi connectivity index (χ2n) is 1.70. The van der Waals surface area contributed by atoms with Gasteiger partial charge >= 0.3 is 0 Å². The van der Waals surface area contributed by atoms with E-state index in [1.165, 1.54) is 0 Å². The average Bonchev–Trinajstić information content (AvgIpc) is 1.59. The van der Waals surface area contributed by atoms with Gasteiger partial charge in [0, 0.05) is 5.75 Å². The summed E-state index contributed by atoms with van der Waals surface area (Å²) in [5.41, 5.74) is 0. The highest BCUT2D eigenvalue weighted by Gasteiger charge is 1.94. The molecule has 0 aliphatic rings. The van der Waals surface area contributed by atoms with Crippen LogP contribution in [0.2, 0.25) is 0 Å². The Hall–Kier alpha value is 0.300. The monoisotopic (exact) mass is 153 g/mol. The molecule has 0 radical (unpaired) electrons. The lowest BCUT2D eigenvalue weighted by Crippen LogP contribution is -1.92. The molecule has 0 saturated carbocycles. The predicted molar refractivity (Wildman–Crippen MR) is 39.6 cm³/mol. The summed E-state index contributed by atoms with van der Waals surface area (Å²) in [6.07, 6.45) is 1.82. The fourth-order valence-electron chi connectivity index (χ4n) is 0.340. The maximum atomic E-state index is 10.5. The van der Waals surface area contributed by atoms with E-state index in [0.29, 0.717) is 5.75 Å². The molecular weight excluding hydrogens is 142 g/mol. The minimum absolute atomic E-state index is 0.423. The third kappa shape index (κ3) is 6.30. The van der Waals surface area contributed by atoms with E-state index < -0.39 is 8.76 Å². The highest BCUT2D eigenvalue weighted by Crippen LogP contribution is 2.00. The molecule has 0 aromatic heterocycles. The number of nitrogens with one attached hydrogen (secondary N) is 1. The summed E-state index contributed by atoms with van der Waals surface area (Å²) in [6.45, 7) is 2.00. The fraction of sp³-hybridized carbons (Fsp3) is 1.00. The van der Waals surface area contributed by atoms with Crippen LogP contribution < -0.4 is 0 Å². The molecule has 0 aromatic rings. The normalized spacial score (nSPS) is 17.8. The average molecular weight is 153 g/mol. The SMILES string of the molecule is CCCCS(=N)(=O)S. The molecule has 0 aliphatic carbocycles. The molecule has 0 heterocycles. The van der Waals surface area contributed by atoms with Gasteiger partial charge in [-0.3, -0.25) is 0 Å². The van der Waals surface area contributed by atoms with Crippen LogP contribution in [-0.2, 0) is 8.76 Å². The van der Waals surface area contributed by atoms with Gasteiger partial charge in [-0.1, -0.05) is 25.0 Å². The Morgan fingerprint density at radius 3 is 2.38 bits per heavy atom. The minimum Gasteiger partial charge on any atom is -0.244 e. The summed E-state index contributed by atoms with van der Waals surface area (Å²) in [6, 6.07) is 0. The number of unbranched alkanes of at least 4 members (excludes halogenated alkanes) is 1. The van der Waals surface area contributed by atoms with E-state index in [0.717, 1.165) is 12.8 Å². The largest absolute Gasteiger partial charge is 0.244 e. The number of thiol groups is 1. The Morgan fingerprint density at radius 1 is 1.75 bits per heavy atom. The zero-order chi connectivity index (χ0) is 6.62. The van der Waals surface area contributed by atoms with Crippen LogP contribution in [0.5, 0.6) is 0 Å². The molecular formula is C4H11NOS2. The summed E-state index contributed by atoms with van der Waals surface area (Å²) >= 11 is 3.58. The molecule has 2 nitrogen and oxygen atoms in total. The van der Waals surface area contributed by atoms with E-state index in [9.17, 15) is 4.21 Å². The topological polar surface area (TPSA) is 40.9 Å². The molecule has 0 bridgehead atoms.